The number of thiazole rings is 1. The number of nitro benzene ring substituents is 1. The van der Waals surface area contributed by atoms with E-state index in [1.54, 1.807) is 17.5 Å². The van der Waals surface area contributed by atoms with E-state index >= 15 is 0 Å². The number of carbonyl (C=O) groups excluding carboxylic acids is 1. The largest absolute Gasteiger partial charge is 0.481 e. The smallest absolute Gasteiger partial charge is 0.303 e. The van der Waals surface area contributed by atoms with Crippen molar-refractivity contribution < 1.29 is 19.6 Å². The van der Waals surface area contributed by atoms with Gasteiger partial charge < -0.3 is 10.4 Å². The van der Waals surface area contributed by atoms with E-state index in [2.05, 4.69) is 10.3 Å². The van der Waals surface area contributed by atoms with Crippen molar-refractivity contribution in [3.8, 4) is 11.3 Å². The number of anilines is 1. The van der Waals surface area contributed by atoms with E-state index < -0.39 is 16.8 Å². The number of hydrogen-bond donors (Lipinski definition) is 2. The molecule has 2 rings (SSSR count). The third kappa shape index (κ3) is 4.09. The first-order valence-electron chi connectivity index (χ1n) is 6.17. The summed E-state index contributed by atoms with van der Waals surface area (Å²) >= 11 is 1.16. The van der Waals surface area contributed by atoms with E-state index in [-0.39, 0.29) is 18.5 Å². The molecule has 0 fully saturated rings. The molecule has 0 aliphatic carbocycles. The molecule has 0 atom stereocenters. The third-order valence-corrected chi connectivity index (χ3v) is 3.43. The summed E-state index contributed by atoms with van der Waals surface area (Å²) in [6.07, 6.45) is -0.393. The predicted molar refractivity (Wildman–Crippen MR) is 79.7 cm³/mol. The van der Waals surface area contributed by atoms with Crippen molar-refractivity contribution in [3.05, 3.63) is 39.8 Å². The van der Waals surface area contributed by atoms with Gasteiger partial charge in [0, 0.05) is 29.5 Å². The molecule has 1 aromatic carbocycles. The number of aromatic nitrogens is 1. The Morgan fingerprint density at radius 2 is 2.14 bits per heavy atom. The van der Waals surface area contributed by atoms with Crippen LogP contribution in [0.3, 0.4) is 0 Å². The number of nitrogens with zero attached hydrogens (tertiary/aromatic N) is 2. The van der Waals surface area contributed by atoms with E-state index in [4.69, 9.17) is 5.11 Å². The van der Waals surface area contributed by atoms with Crippen molar-refractivity contribution in [2.75, 3.05) is 5.32 Å². The van der Waals surface area contributed by atoms with Crippen molar-refractivity contribution in [3.63, 3.8) is 0 Å². The van der Waals surface area contributed by atoms with Gasteiger partial charge in [0.25, 0.3) is 5.69 Å². The lowest BCUT2D eigenvalue weighted by Crippen LogP contribution is -2.12. The number of hydrogen-bond acceptors (Lipinski definition) is 6. The Hall–Kier alpha value is -2.81. The van der Waals surface area contributed by atoms with Crippen LogP contribution >= 0.6 is 11.3 Å². The van der Waals surface area contributed by atoms with Crippen LogP contribution in [0.2, 0.25) is 0 Å². The molecule has 1 amide bonds. The van der Waals surface area contributed by atoms with E-state index in [9.17, 15) is 19.7 Å². The fraction of sp³-hybridized carbons (Fsp3) is 0.154. The molecule has 1 heterocycles. The van der Waals surface area contributed by atoms with E-state index in [0.717, 1.165) is 11.3 Å². The highest BCUT2D eigenvalue weighted by Crippen LogP contribution is 2.27. The Morgan fingerprint density at radius 1 is 1.36 bits per heavy atom. The number of nitro groups is 1. The molecule has 114 valence electrons. The minimum atomic E-state index is -1.05. The number of carboxylic acid groups (broad SMARTS) is 1. The van der Waals surface area contributed by atoms with Crippen molar-refractivity contribution in [2.45, 2.75) is 12.8 Å². The van der Waals surface area contributed by atoms with Gasteiger partial charge in [-0.3, -0.25) is 19.7 Å². The molecule has 9 heteroatoms. The van der Waals surface area contributed by atoms with Crippen LogP contribution in [-0.2, 0) is 9.59 Å². The van der Waals surface area contributed by atoms with Gasteiger partial charge in [0.1, 0.15) is 0 Å². The monoisotopic (exact) mass is 321 g/mol. The van der Waals surface area contributed by atoms with Gasteiger partial charge in [-0.2, -0.15) is 0 Å². The van der Waals surface area contributed by atoms with Crippen LogP contribution in [-0.4, -0.2) is 26.9 Å². The number of carbonyl (C=O) groups is 2. The number of rotatable bonds is 6. The summed E-state index contributed by atoms with van der Waals surface area (Å²) in [4.78, 5) is 36.3. The van der Waals surface area contributed by atoms with Gasteiger partial charge in [0.05, 0.1) is 17.0 Å². The summed E-state index contributed by atoms with van der Waals surface area (Å²) < 4.78 is 0. The molecule has 0 bridgehead atoms. The number of amides is 1. The number of benzene rings is 1. The molecule has 2 N–H and O–H groups in total. The molecule has 0 radical (unpaired) electrons. The SMILES string of the molecule is O=C(O)CCC(=O)Nc1nc(-c2cccc([N+](=O)[O-])c2)cs1. The third-order valence-electron chi connectivity index (χ3n) is 2.67. The number of carboxylic acids is 1. The van der Waals surface area contributed by atoms with Crippen molar-refractivity contribution in [1.29, 1.82) is 0 Å². The highest BCUT2D eigenvalue weighted by atomic mass is 32.1. The molecule has 0 saturated heterocycles. The highest BCUT2D eigenvalue weighted by molar-refractivity contribution is 7.14. The highest BCUT2D eigenvalue weighted by Gasteiger charge is 2.12. The van der Waals surface area contributed by atoms with Gasteiger partial charge in [-0.05, 0) is 0 Å². The lowest BCUT2D eigenvalue weighted by atomic mass is 10.1. The minimum absolute atomic E-state index is 0.0439. The maximum atomic E-state index is 11.5. The Labute approximate surface area is 128 Å². The van der Waals surface area contributed by atoms with Gasteiger partial charge in [-0.15, -0.1) is 11.3 Å². The zero-order valence-corrected chi connectivity index (χ0v) is 12.0. The second-order valence-electron chi connectivity index (χ2n) is 4.29. The Kier molecular flexibility index (Phi) is 4.79. The summed E-state index contributed by atoms with van der Waals surface area (Å²) in [6.45, 7) is 0. The lowest BCUT2D eigenvalue weighted by Gasteiger charge is -1.99. The molecular weight excluding hydrogens is 310 g/mol. The van der Waals surface area contributed by atoms with Crippen molar-refractivity contribution in [1.82, 2.24) is 4.98 Å². The zero-order chi connectivity index (χ0) is 16.1. The maximum Gasteiger partial charge on any atom is 0.303 e. The average molecular weight is 321 g/mol. The molecule has 0 spiro atoms. The zero-order valence-electron chi connectivity index (χ0n) is 11.2. The molecule has 0 saturated carbocycles. The maximum absolute atomic E-state index is 11.5. The van der Waals surface area contributed by atoms with Crippen LogP contribution in [0.5, 0.6) is 0 Å². The van der Waals surface area contributed by atoms with Gasteiger partial charge in [-0.1, -0.05) is 12.1 Å². The van der Waals surface area contributed by atoms with Gasteiger partial charge in [0.15, 0.2) is 5.13 Å². The molecule has 0 aliphatic rings. The minimum Gasteiger partial charge on any atom is -0.481 e. The quantitative estimate of drug-likeness (QED) is 0.622. The van der Waals surface area contributed by atoms with Crippen LogP contribution < -0.4 is 5.32 Å². The normalized spacial score (nSPS) is 10.2. The summed E-state index contributed by atoms with van der Waals surface area (Å²) in [5.74, 6) is -1.49. The first kappa shape index (κ1) is 15.6. The number of aliphatic carboxylic acids is 1. The predicted octanol–water partition coefficient (Wildman–Crippen LogP) is 2.52. The van der Waals surface area contributed by atoms with Gasteiger partial charge >= 0.3 is 5.97 Å². The molecule has 0 aliphatic heterocycles. The number of non-ortho nitro benzene ring substituents is 1. The fourth-order valence-electron chi connectivity index (χ4n) is 1.64. The van der Waals surface area contributed by atoms with E-state index in [1.807, 2.05) is 0 Å². The molecule has 8 nitrogen and oxygen atoms in total. The second kappa shape index (κ2) is 6.76. The second-order valence-corrected chi connectivity index (χ2v) is 5.15. The first-order chi connectivity index (χ1) is 10.5. The van der Waals surface area contributed by atoms with Crippen LogP contribution in [0.4, 0.5) is 10.8 Å². The van der Waals surface area contributed by atoms with Crippen LogP contribution in [0.1, 0.15) is 12.8 Å². The molecular formula is C13H11N3O5S. The van der Waals surface area contributed by atoms with Gasteiger partial charge in [0.2, 0.25) is 5.91 Å². The Balaban J connectivity index is 2.08. The lowest BCUT2D eigenvalue weighted by molar-refractivity contribution is -0.384. The first-order valence-corrected chi connectivity index (χ1v) is 7.05. The number of nitrogens with one attached hydrogen (secondary N) is 1. The van der Waals surface area contributed by atoms with Crippen LogP contribution in [0.25, 0.3) is 11.3 Å². The molecule has 0 unspecified atom stereocenters. The average Bonchev–Trinajstić information content (AvgIpc) is 2.93. The summed E-state index contributed by atoms with van der Waals surface area (Å²) in [7, 11) is 0. The fourth-order valence-corrected chi connectivity index (χ4v) is 2.38. The standard InChI is InChI=1S/C13H11N3O5S/c17-11(4-5-12(18)19)15-13-14-10(7-22-13)8-2-1-3-9(6-8)16(20)21/h1-3,6-7H,4-5H2,(H,18,19)(H,14,15,17). The topological polar surface area (TPSA) is 122 Å². The summed E-state index contributed by atoms with van der Waals surface area (Å²) in [5.41, 5.74) is 1.02. The van der Waals surface area contributed by atoms with Crippen LogP contribution in [0, 0.1) is 10.1 Å². The Morgan fingerprint density at radius 3 is 2.82 bits per heavy atom. The molecule has 22 heavy (non-hydrogen) atoms. The Bertz CT molecular complexity index is 728. The van der Waals surface area contributed by atoms with Crippen molar-refractivity contribution >= 4 is 34.0 Å². The summed E-state index contributed by atoms with van der Waals surface area (Å²) in [5, 5.41) is 23.7. The van der Waals surface area contributed by atoms with Gasteiger partial charge in [-0.25, -0.2) is 4.98 Å². The summed E-state index contributed by atoms with van der Waals surface area (Å²) in [6, 6.07) is 6.01. The van der Waals surface area contributed by atoms with Crippen molar-refractivity contribution in [2.24, 2.45) is 0 Å². The van der Waals surface area contributed by atoms with Crippen LogP contribution in [0.15, 0.2) is 29.6 Å². The van der Waals surface area contributed by atoms with E-state index in [0.29, 0.717) is 16.4 Å². The van der Waals surface area contributed by atoms with E-state index in [1.165, 1.54) is 12.1 Å². The molecule has 2 aromatic rings. The molecule has 1 aromatic heterocycles.